The van der Waals surface area contributed by atoms with E-state index in [9.17, 15) is 0 Å². The molecule has 2 unspecified atom stereocenters. The molecular formula is C20H31IN6. The smallest absolute Gasteiger partial charge is 0.191 e. The van der Waals surface area contributed by atoms with Crippen LogP contribution in [0.1, 0.15) is 26.5 Å². The van der Waals surface area contributed by atoms with Crippen LogP contribution in [0.15, 0.2) is 47.6 Å². The summed E-state index contributed by atoms with van der Waals surface area (Å²) in [6.45, 7) is 9.65. The van der Waals surface area contributed by atoms with Crippen molar-refractivity contribution in [2.45, 2.75) is 39.4 Å². The Morgan fingerprint density at radius 1 is 1.22 bits per heavy atom. The second-order valence-corrected chi connectivity index (χ2v) is 7.29. The van der Waals surface area contributed by atoms with Crippen molar-refractivity contribution < 1.29 is 0 Å². The highest BCUT2D eigenvalue weighted by atomic mass is 127. The number of hydrogen-bond donors (Lipinski definition) is 2. The van der Waals surface area contributed by atoms with Gasteiger partial charge in [0.25, 0.3) is 0 Å². The van der Waals surface area contributed by atoms with Gasteiger partial charge in [-0.2, -0.15) is 5.10 Å². The monoisotopic (exact) mass is 482 g/mol. The Bertz CT molecular complexity index is 727. The first-order valence-corrected chi connectivity index (χ1v) is 9.38. The lowest BCUT2D eigenvalue weighted by Crippen LogP contribution is -2.46. The van der Waals surface area contributed by atoms with Crippen molar-refractivity contribution in [2.24, 2.45) is 10.9 Å². The Morgan fingerprint density at radius 3 is 2.59 bits per heavy atom. The first-order valence-electron chi connectivity index (χ1n) is 9.38. The molecule has 1 fully saturated rings. The van der Waals surface area contributed by atoms with E-state index < -0.39 is 0 Å². The minimum atomic E-state index is 0. The molecule has 0 radical (unpaired) electrons. The van der Waals surface area contributed by atoms with Crippen LogP contribution < -0.4 is 10.6 Å². The van der Waals surface area contributed by atoms with Gasteiger partial charge in [-0.15, -0.1) is 24.0 Å². The lowest BCUT2D eigenvalue weighted by atomic mass is 10.1. The topological polar surface area (TPSA) is 57.5 Å². The van der Waals surface area contributed by atoms with Crippen LogP contribution >= 0.6 is 24.0 Å². The van der Waals surface area contributed by atoms with Crippen LogP contribution in [-0.4, -0.2) is 52.9 Å². The second-order valence-electron chi connectivity index (χ2n) is 7.29. The van der Waals surface area contributed by atoms with Gasteiger partial charge in [0, 0.05) is 38.4 Å². The number of nitrogens with zero attached hydrogens (tertiary/aromatic N) is 4. The van der Waals surface area contributed by atoms with Crippen molar-refractivity contribution in [3.8, 4) is 5.69 Å². The molecule has 2 heterocycles. The summed E-state index contributed by atoms with van der Waals surface area (Å²) < 4.78 is 1.90. The van der Waals surface area contributed by atoms with E-state index in [4.69, 9.17) is 0 Å². The third-order valence-corrected chi connectivity index (χ3v) is 5.02. The van der Waals surface area contributed by atoms with E-state index in [0.717, 1.165) is 30.4 Å². The van der Waals surface area contributed by atoms with Crippen LogP contribution in [0.5, 0.6) is 0 Å². The highest BCUT2D eigenvalue weighted by molar-refractivity contribution is 14.0. The fraction of sp³-hybridized carbons (Fsp3) is 0.500. The van der Waals surface area contributed by atoms with Crippen molar-refractivity contribution in [2.75, 3.05) is 20.1 Å². The number of rotatable bonds is 5. The highest BCUT2D eigenvalue weighted by Gasteiger charge is 2.31. The van der Waals surface area contributed by atoms with Crippen molar-refractivity contribution in [1.82, 2.24) is 25.3 Å². The zero-order valence-electron chi connectivity index (χ0n) is 16.6. The third-order valence-electron chi connectivity index (χ3n) is 5.02. The maximum absolute atomic E-state index is 4.63. The molecule has 2 N–H and O–H groups in total. The van der Waals surface area contributed by atoms with Crippen molar-refractivity contribution in [1.29, 1.82) is 0 Å². The molecule has 2 atom stereocenters. The highest BCUT2D eigenvalue weighted by Crippen LogP contribution is 2.18. The molecular weight excluding hydrogens is 451 g/mol. The standard InChI is InChI=1S/C20H30N6.HI/c1-15(2)25-13-16(3)19(14-25)23-20(21-4)22-12-17-10-11-26(24-17)18-8-6-5-7-9-18;/h5-11,15-16,19H,12-14H2,1-4H3,(H2,21,22,23);1H. The first kappa shape index (κ1) is 21.7. The Balaban J connectivity index is 0.00000261. The predicted octanol–water partition coefficient (Wildman–Crippen LogP) is 2.88. The molecule has 0 amide bonds. The summed E-state index contributed by atoms with van der Waals surface area (Å²) in [7, 11) is 1.82. The van der Waals surface area contributed by atoms with E-state index in [-0.39, 0.29) is 24.0 Å². The summed E-state index contributed by atoms with van der Waals surface area (Å²) in [6.07, 6.45) is 1.99. The third kappa shape index (κ3) is 5.68. The molecule has 0 saturated carbocycles. The molecule has 0 spiro atoms. The maximum atomic E-state index is 4.63. The number of guanidine groups is 1. The number of aromatic nitrogens is 2. The summed E-state index contributed by atoms with van der Waals surface area (Å²) in [6, 6.07) is 13.2. The number of halogens is 1. The van der Waals surface area contributed by atoms with Crippen LogP contribution in [0.25, 0.3) is 5.69 Å². The molecule has 0 aliphatic carbocycles. The van der Waals surface area contributed by atoms with Crippen LogP contribution in [0, 0.1) is 5.92 Å². The van der Waals surface area contributed by atoms with Gasteiger partial charge in [-0.3, -0.25) is 9.89 Å². The zero-order valence-corrected chi connectivity index (χ0v) is 18.9. The van der Waals surface area contributed by atoms with Gasteiger partial charge >= 0.3 is 0 Å². The molecule has 1 aliphatic heterocycles. The fourth-order valence-corrected chi connectivity index (χ4v) is 3.34. The van der Waals surface area contributed by atoms with E-state index >= 15 is 0 Å². The normalized spacial score (nSPS) is 20.6. The number of para-hydroxylation sites is 1. The predicted molar refractivity (Wildman–Crippen MR) is 122 cm³/mol. The molecule has 3 rings (SSSR count). The SMILES string of the molecule is CN=C(NCc1ccn(-c2ccccc2)n1)NC1CN(C(C)C)CC1C.I. The minimum absolute atomic E-state index is 0. The van der Waals surface area contributed by atoms with Crippen molar-refractivity contribution in [3.05, 3.63) is 48.3 Å². The molecule has 7 heteroatoms. The summed E-state index contributed by atoms with van der Waals surface area (Å²) in [5.41, 5.74) is 2.05. The van der Waals surface area contributed by atoms with Gasteiger partial charge < -0.3 is 10.6 Å². The van der Waals surface area contributed by atoms with Gasteiger partial charge in [-0.05, 0) is 38.0 Å². The van der Waals surface area contributed by atoms with Gasteiger partial charge in [0.15, 0.2) is 5.96 Å². The average Bonchev–Trinajstić information content (AvgIpc) is 3.26. The molecule has 6 nitrogen and oxygen atoms in total. The number of nitrogens with one attached hydrogen (secondary N) is 2. The molecule has 1 saturated heterocycles. The fourth-order valence-electron chi connectivity index (χ4n) is 3.34. The van der Waals surface area contributed by atoms with Gasteiger partial charge in [0.1, 0.15) is 0 Å². The quantitative estimate of drug-likeness (QED) is 0.391. The number of hydrogen-bond acceptors (Lipinski definition) is 3. The molecule has 1 aromatic heterocycles. The number of likely N-dealkylation sites (tertiary alicyclic amines) is 1. The van der Waals surface area contributed by atoms with Crippen LogP contribution in [0.2, 0.25) is 0 Å². The maximum Gasteiger partial charge on any atom is 0.191 e. The Morgan fingerprint density at radius 2 is 1.96 bits per heavy atom. The number of benzene rings is 1. The molecule has 0 bridgehead atoms. The van der Waals surface area contributed by atoms with Gasteiger partial charge in [0.2, 0.25) is 0 Å². The molecule has 27 heavy (non-hydrogen) atoms. The van der Waals surface area contributed by atoms with Gasteiger partial charge in [0.05, 0.1) is 17.9 Å². The van der Waals surface area contributed by atoms with Crippen LogP contribution in [-0.2, 0) is 6.54 Å². The second kappa shape index (κ2) is 10.1. The minimum Gasteiger partial charge on any atom is -0.352 e. The van der Waals surface area contributed by atoms with E-state index in [1.807, 2.05) is 54.3 Å². The Hall–Kier alpha value is -1.61. The molecule has 1 aliphatic rings. The summed E-state index contributed by atoms with van der Waals surface area (Å²) in [5, 5.41) is 11.6. The average molecular weight is 482 g/mol. The van der Waals surface area contributed by atoms with E-state index in [2.05, 4.69) is 46.4 Å². The molecule has 148 valence electrons. The zero-order chi connectivity index (χ0) is 18.5. The van der Waals surface area contributed by atoms with Crippen LogP contribution in [0.4, 0.5) is 0 Å². The lowest BCUT2D eigenvalue weighted by Gasteiger charge is -2.21. The van der Waals surface area contributed by atoms with E-state index in [1.54, 1.807) is 0 Å². The number of aliphatic imine (C=N–C) groups is 1. The summed E-state index contributed by atoms with van der Waals surface area (Å²) >= 11 is 0. The van der Waals surface area contributed by atoms with E-state index in [0.29, 0.717) is 24.5 Å². The lowest BCUT2D eigenvalue weighted by molar-refractivity contribution is 0.265. The first-order chi connectivity index (χ1) is 12.6. The molecule has 2 aromatic rings. The molecule has 1 aromatic carbocycles. The van der Waals surface area contributed by atoms with Crippen molar-refractivity contribution in [3.63, 3.8) is 0 Å². The van der Waals surface area contributed by atoms with Crippen LogP contribution in [0.3, 0.4) is 0 Å². The van der Waals surface area contributed by atoms with E-state index in [1.165, 1.54) is 0 Å². The van der Waals surface area contributed by atoms with Gasteiger partial charge in [-0.25, -0.2) is 4.68 Å². The summed E-state index contributed by atoms with van der Waals surface area (Å²) in [5.74, 6) is 1.44. The largest absolute Gasteiger partial charge is 0.352 e. The van der Waals surface area contributed by atoms with Crippen molar-refractivity contribution >= 4 is 29.9 Å². The van der Waals surface area contributed by atoms with Gasteiger partial charge in [-0.1, -0.05) is 25.1 Å². The Kier molecular flexibility index (Phi) is 8.09. The summed E-state index contributed by atoms with van der Waals surface area (Å²) in [4.78, 5) is 6.89. The Labute approximate surface area is 179 Å².